The summed E-state index contributed by atoms with van der Waals surface area (Å²) in [6, 6.07) is 9.66. The molecule has 1 aliphatic rings. The first-order valence-electron chi connectivity index (χ1n) is 11.9. The van der Waals surface area contributed by atoms with Gasteiger partial charge in [-0.2, -0.15) is 5.10 Å². The molecule has 0 radical (unpaired) electrons. The highest BCUT2D eigenvalue weighted by Gasteiger charge is 2.26. The number of carbonyl (C=O) groups excluding carboxylic acids is 1. The Labute approximate surface area is 205 Å². The highest BCUT2D eigenvalue weighted by Crippen LogP contribution is 2.18. The van der Waals surface area contributed by atoms with Crippen molar-refractivity contribution in [2.75, 3.05) is 31.1 Å². The zero-order chi connectivity index (χ0) is 25.4. The van der Waals surface area contributed by atoms with E-state index in [1.54, 1.807) is 40.8 Å². The van der Waals surface area contributed by atoms with E-state index in [1.165, 1.54) is 23.0 Å². The molecular formula is C25H27FN6O4. The molecule has 10 nitrogen and oxygen atoms in total. The Hall–Kier alpha value is -4.15. The maximum absolute atomic E-state index is 13.5. The Morgan fingerprint density at radius 3 is 2.39 bits per heavy atom. The van der Waals surface area contributed by atoms with E-state index in [0.717, 1.165) is 10.3 Å². The Bertz CT molecular complexity index is 1510. The van der Waals surface area contributed by atoms with Gasteiger partial charge in [0.05, 0.1) is 18.5 Å². The van der Waals surface area contributed by atoms with Crippen LogP contribution < -0.4 is 16.1 Å². The Morgan fingerprint density at radius 2 is 1.75 bits per heavy atom. The van der Waals surface area contributed by atoms with Crippen molar-refractivity contribution in [2.24, 2.45) is 0 Å². The minimum absolute atomic E-state index is 0.0426. The smallest absolute Gasteiger partial charge is 0.332 e. The number of aryl methyl sites for hydroxylation is 2. The van der Waals surface area contributed by atoms with Crippen LogP contribution in [-0.2, 0) is 24.4 Å². The van der Waals surface area contributed by atoms with E-state index < -0.39 is 11.2 Å². The average Bonchev–Trinajstić information content (AvgIpc) is 3.52. The molecular weight excluding hydrogens is 467 g/mol. The molecule has 1 saturated heterocycles. The lowest BCUT2D eigenvalue weighted by molar-refractivity contribution is -0.132. The van der Waals surface area contributed by atoms with Crippen LogP contribution in [0.4, 0.5) is 10.1 Å². The van der Waals surface area contributed by atoms with E-state index in [1.807, 2.05) is 6.92 Å². The molecule has 0 atom stereocenters. The summed E-state index contributed by atoms with van der Waals surface area (Å²) in [5, 5.41) is 4.44. The molecule has 1 aliphatic heterocycles. The summed E-state index contributed by atoms with van der Waals surface area (Å²) in [6.07, 6.45) is 1.48. The fourth-order valence-electron chi connectivity index (χ4n) is 4.74. The number of hydrogen-bond acceptors (Lipinski definition) is 6. The van der Waals surface area contributed by atoms with Crippen LogP contribution in [0.5, 0.6) is 0 Å². The number of fused-ring (bicyclic) bond motifs is 1. The summed E-state index contributed by atoms with van der Waals surface area (Å²) < 4.78 is 22.6. The van der Waals surface area contributed by atoms with Gasteiger partial charge in [0.2, 0.25) is 5.91 Å². The van der Waals surface area contributed by atoms with Gasteiger partial charge in [0, 0.05) is 38.4 Å². The largest absolute Gasteiger partial charge is 0.467 e. The Kier molecular flexibility index (Phi) is 6.21. The van der Waals surface area contributed by atoms with E-state index in [9.17, 15) is 18.8 Å². The molecule has 1 fully saturated rings. The number of benzene rings is 1. The molecule has 36 heavy (non-hydrogen) atoms. The number of hydrogen-bond donors (Lipinski definition) is 0. The van der Waals surface area contributed by atoms with Gasteiger partial charge in [-0.25, -0.2) is 9.18 Å². The van der Waals surface area contributed by atoms with Crippen molar-refractivity contribution in [1.82, 2.24) is 23.8 Å². The van der Waals surface area contributed by atoms with E-state index in [-0.39, 0.29) is 30.3 Å². The van der Waals surface area contributed by atoms with Crippen LogP contribution in [0.25, 0.3) is 11.0 Å². The minimum Gasteiger partial charge on any atom is -0.467 e. The number of halogens is 1. The summed E-state index contributed by atoms with van der Waals surface area (Å²) in [5.74, 6) is -0.0500. The molecule has 4 aromatic rings. The van der Waals surface area contributed by atoms with E-state index in [4.69, 9.17) is 4.42 Å². The van der Waals surface area contributed by atoms with Gasteiger partial charge < -0.3 is 14.2 Å². The standard InChI is InChI=1S/C25H27FN6O4/c1-3-32-23-22(17(2)27-32)30(25(35)31(24(23)34)15-20-5-4-14-36-20)16-21(33)29-12-10-28(11-13-29)19-8-6-18(26)7-9-19/h4-9,14H,3,10-13,15-16H2,1-2H3. The normalized spacial score (nSPS) is 14.1. The number of nitrogens with zero attached hydrogens (tertiary/aromatic N) is 6. The third kappa shape index (κ3) is 4.21. The molecule has 0 unspecified atom stereocenters. The quantitative estimate of drug-likeness (QED) is 0.406. The van der Waals surface area contributed by atoms with Crippen molar-refractivity contribution in [3.8, 4) is 0 Å². The van der Waals surface area contributed by atoms with Crippen LogP contribution in [0.3, 0.4) is 0 Å². The van der Waals surface area contributed by atoms with Gasteiger partial charge in [-0.3, -0.25) is 23.4 Å². The lowest BCUT2D eigenvalue weighted by Gasteiger charge is -2.36. The summed E-state index contributed by atoms with van der Waals surface area (Å²) in [5.41, 5.74) is 1.02. The average molecular weight is 495 g/mol. The van der Waals surface area contributed by atoms with Crippen LogP contribution in [-0.4, -0.2) is 55.9 Å². The fraction of sp³-hybridized carbons (Fsp3) is 0.360. The first-order valence-corrected chi connectivity index (χ1v) is 11.9. The number of aromatic nitrogens is 4. The number of amides is 1. The van der Waals surface area contributed by atoms with E-state index >= 15 is 0 Å². The number of rotatable bonds is 6. The number of carbonyl (C=O) groups is 1. The monoisotopic (exact) mass is 494 g/mol. The van der Waals surface area contributed by atoms with Gasteiger partial charge in [0.1, 0.15) is 23.6 Å². The van der Waals surface area contributed by atoms with E-state index in [0.29, 0.717) is 49.7 Å². The predicted octanol–water partition coefficient (Wildman–Crippen LogP) is 1.82. The number of furan rings is 1. The van der Waals surface area contributed by atoms with Crippen LogP contribution in [0.1, 0.15) is 18.4 Å². The maximum Gasteiger partial charge on any atom is 0.332 e. The lowest BCUT2D eigenvalue weighted by Crippen LogP contribution is -2.51. The van der Waals surface area contributed by atoms with Crippen LogP contribution >= 0.6 is 0 Å². The molecule has 0 bridgehead atoms. The second kappa shape index (κ2) is 9.48. The minimum atomic E-state index is -0.582. The summed E-state index contributed by atoms with van der Waals surface area (Å²) in [6.45, 7) is 5.90. The Balaban J connectivity index is 1.44. The highest BCUT2D eigenvalue weighted by atomic mass is 19.1. The van der Waals surface area contributed by atoms with Gasteiger partial charge in [-0.05, 0) is 50.2 Å². The van der Waals surface area contributed by atoms with Crippen molar-refractivity contribution in [2.45, 2.75) is 33.5 Å². The zero-order valence-corrected chi connectivity index (χ0v) is 20.2. The van der Waals surface area contributed by atoms with Crippen molar-refractivity contribution in [3.05, 3.63) is 80.8 Å². The molecule has 4 heterocycles. The van der Waals surface area contributed by atoms with Crippen LogP contribution in [0.15, 0.2) is 56.7 Å². The first-order chi connectivity index (χ1) is 17.4. The molecule has 3 aromatic heterocycles. The molecule has 11 heteroatoms. The summed E-state index contributed by atoms with van der Waals surface area (Å²) >= 11 is 0. The van der Waals surface area contributed by atoms with Crippen LogP contribution in [0, 0.1) is 12.7 Å². The summed E-state index contributed by atoms with van der Waals surface area (Å²) in [7, 11) is 0. The van der Waals surface area contributed by atoms with Crippen molar-refractivity contribution in [1.29, 1.82) is 0 Å². The summed E-state index contributed by atoms with van der Waals surface area (Å²) in [4.78, 5) is 43.9. The van der Waals surface area contributed by atoms with E-state index in [2.05, 4.69) is 10.00 Å². The van der Waals surface area contributed by atoms with Gasteiger partial charge in [0.15, 0.2) is 5.52 Å². The van der Waals surface area contributed by atoms with Crippen molar-refractivity contribution in [3.63, 3.8) is 0 Å². The highest BCUT2D eigenvalue weighted by molar-refractivity contribution is 5.81. The molecule has 5 rings (SSSR count). The zero-order valence-electron chi connectivity index (χ0n) is 20.2. The third-order valence-electron chi connectivity index (χ3n) is 6.59. The molecule has 1 amide bonds. The molecule has 0 N–H and O–H groups in total. The second-order valence-corrected chi connectivity index (χ2v) is 8.78. The number of piperazine rings is 1. The predicted molar refractivity (Wildman–Crippen MR) is 132 cm³/mol. The SMILES string of the molecule is CCn1nc(C)c2c1c(=O)n(Cc1ccco1)c(=O)n2CC(=O)N1CCN(c2ccc(F)cc2)CC1. The maximum atomic E-state index is 13.5. The fourth-order valence-corrected chi connectivity index (χ4v) is 4.74. The van der Waals surface area contributed by atoms with Gasteiger partial charge >= 0.3 is 5.69 Å². The van der Waals surface area contributed by atoms with Gasteiger partial charge in [-0.1, -0.05) is 0 Å². The molecule has 0 aliphatic carbocycles. The second-order valence-electron chi connectivity index (χ2n) is 8.78. The van der Waals surface area contributed by atoms with Crippen molar-refractivity contribution < 1.29 is 13.6 Å². The molecule has 188 valence electrons. The Morgan fingerprint density at radius 1 is 1.03 bits per heavy atom. The lowest BCUT2D eigenvalue weighted by atomic mass is 10.2. The van der Waals surface area contributed by atoms with Crippen molar-refractivity contribution >= 4 is 22.6 Å². The molecule has 0 saturated carbocycles. The number of anilines is 1. The van der Waals surface area contributed by atoms with Crippen LogP contribution in [0.2, 0.25) is 0 Å². The van der Waals surface area contributed by atoms with Gasteiger partial charge in [0.25, 0.3) is 5.56 Å². The molecule has 0 spiro atoms. The molecule has 1 aromatic carbocycles. The van der Waals surface area contributed by atoms with Gasteiger partial charge in [-0.15, -0.1) is 0 Å². The topological polar surface area (TPSA) is 98.5 Å². The third-order valence-corrected chi connectivity index (χ3v) is 6.59. The first kappa shape index (κ1) is 23.6.